The third-order valence-corrected chi connectivity index (χ3v) is 5.69. The quantitative estimate of drug-likeness (QED) is 0.706. The Kier molecular flexibility index (Phi) is 6.67. The van der Waals surface area contributed by atoms with Crippen LogP contribution in [0.3, 0.4) is 0 Å². The lowest BCUT2D eigenvalue weighted by Gasteiger charge is -2.29. The first kappa shape index (κ1) is 21.8. The molecule has 1 aromatic carbocycles. The van der Waals surface area contributed by atoms with Gasteiger partial charge >= 0.3 is 6.03 Å². The molecule has 1 N–H and O–H groups in total. The summed E-state index contributed by atoms with van der Waals surface area (Å²) in [6.07, 6.45) is 6.21. The van der Waals surface area contributed by atoms with Gasteiger partial charge in [0.1, 0.15) is 18.5 Å². The van der Waals surface area contributed by atoms with E-state index in [0.717, 1.165) is 25.7 Å². The van der Waals surface area contributed by atoms with Gasteiger partial charge in [-0.15, -0.1) is 0 Å². The zero-order chi connectivity index (χ0) is 22.5. The fourth-order valence-corrected chi connectivity index (χ4v) is 4.02. The van der Waals surface area contributed by atoms with Crippen LogP contribution in [0, 0.1) is 5.82 Å². The van der Waals surface area contributed by atoms with Crippen molar-refractivity contribution in [1.29, 1.82) is 0 Å². The summed E-state index contributed by atoms with van der Waals surface area (Å²) in [5.41, 5.74) is 0.623. The van der Waals surface area contributed by atoms with Crippen LogP contribution < -0.4 is 19.7 Å². The molecular formula is C22H26FN5O4. The van der Waals surface area contributed by atoms with Gasteiger partial charge in [-0.2, -0.15) is 4.98 Å². The predicted molar refractivity (Wildman–Crippen MR) is 114 cm³/mol. The third kappa shape index (κ3) is 5.24. The van der Waals surface area contributed by atoms with Gasteiger partial charge in [-0.25, -0.2) is 9.18 Å². The summed E-state index contributed by atoms with van der Waals surface area (Å²) in [6.45, 7) is 0.922. The average Bonchev–Trinajstić information content (AvgIpc) is 3.15. The Bertz CT molecular complexity index is 950. The molecule has 0 bridgehead atoms. The summed E-state index contributed by atoms with van der Waals surface area (Å²) >= 11 is 0. The molecule has 1 saturated carbocycles. The summed E-state index contributed by atoms with van der Waals surface area (Å²) in [5, 5.41) is 3.03. The second-order valence-electron chi connectivity index (χ2n) is 7.89. The summed E-state index contributed by atoms with van der Waals surface area (Å²) in [6, 6.07) is 5.56. The number of hydrogen-bond donors (Lipinski definition) is 1. The van der Waals surface area contributed by atoms with Crippen LogP contribution in [0.2, 0.25) is 0 Å². The highest BCUT2D eigenvalue weighted by molar-refractivity contribution is 5.96. The van der Waals surface area contributed by atoms with E-state index in [4.69, 9.17) is 9.47 Å². The van der Waals surface area contributed by atoms with Gasteiger partial charge in [0, 0.05) is 24.8 Å². The van der Waals surface area contributed by atoms with Crippen LogP contribution in [0.1, 0.15) is 25.7 Å². The van der Waals surface area contributed by atoms with E-state index in [1.54, 1.807) is 23.2 Å². The highest BCUT2D eigenvalue weighted by Gasteiger charge is 2.32. The Hall–Kier alpha value is -3.43. The summed E-state index contributed by atoms with van der Waals surface area (Å²) in [7, 11) is 1.53. The Morgan fingerprint density at radius 2 is 1.84 bits per heavy atom. The fraction of sp³-hybridized carbons (Fsp3) is 0.455. The Labute approximate surface area is 185 Å². The molecule has 4 rings (SSSR count). The Balaban J connectivity index is 1.21. The van der Waals surface area contributed by atoms with E-state index in [2.05, 4.69) is 15.3 Å². The first-order valence-corrected chi connectivity index (χ1v) is 10.7. The van der Waals surface area contributed by atoms with Crippen molar-refractivity contribution in [2.75, 3.05) is 31.6 Å². The minimum atomic E-state index is -0.354. The van der Waals surface area contributed by atoms with Crippen LogP contribution >= 0.6 is 0 Å². The first-order chi connectivity index (χ1) is 15.5. The normalized spacial score (nSPS) is 20.9. The molecule has 1 aromatic heterocycles. The van der Waals surface area contributed by atoms with Gasteiger partial charge in [-0.3, -0.25) is 14.7 Å². The van der Waals surface area contributed by atoms with Gasteiger partial charge in [-0.1, -0.05) is 0 Å². The number of aromatic nitrogens is 2. The number of halogens is 1. The summed E-state index contributed by atoms with van der Waals surface area (Å²) in [4.78, 5) is 36.4. The van der Waals surface area contributed by atoms with Crippen LogP contribution in [0.5, 0.6) is 11.8 Å². The topological polar surface area (TPSA) is 96.9 Å². The van der Waals surface area contributed by atoms with Gasteiger partial charge in [-0.05, 0) is 49.9 Å². The number of anilines is 1. The minimum Gasteiger partial charge on any atom is -0.480 e. The van der Waals surface area contributed by atoms with Crippen LogP contribution in [-0.4, -0.2) is 65.7 Å². The fourth-order valence-electron chi connectivity index (χ4n) is 4.02. The van der Waals surface area contributed by atoms with Crippen molar-refractivity contribution >= 4 is 17.6 Å². The molecule has 1 saturated heterocycles. The van der Waals surface area contributed by atoms with Crippen LogP contribution in [-0.2, 0) is 4.79 Å². The lowest BCUT2D eigenvalue weighted by molar-refractivity contribution is -0.122. The van der Waals surface area contributed by atoms with Crippen molar-refractivity contribution in [1.82, 2.24) is 20.2 Å². The molecule has 10 heteroatoms. The van der Waals surface area contributed by atoms with Gasteiger partial charge in [0.15, 0.2) is 0 Å². The molecule has 1 aliphatic carbocycles. The first-order valence-electron chi connectivity index (χ1n) is 10.7. The number of carbonyl (C=O) groups is 2. The van der Waals surface area contributed by atoms with Crippen LogP contribution in [0.4, 0.5) is 14.9 Å². The molecule has 0 atom stereocenters. The van der Waals surface area contributed by atoms with E-state index >= 15 is 0 Å². The molecule has 32 heavy (non-hydrogen) atoms. The summed E-state index contributed by atoms with van der Waals surface area (Å²) < 4.78 is 24.1. The number of rotatable bonds is 7. The maximum Gasteiger partial charge on any atom is 0.325 e. The number of carbonyl (C=O) groups excluding carboxylic acids is 2. The van der Waals surface area contributed by atoms with Crippen molar-refractivity contribution in [3.8, 4) is 11.8 Å². The van der Waals surface area contributed by atoms with E-state index in [9.17, 15) is 14.0 Å². The molecule has 1 aliphatic heterocycles. The lowest BCUT2D eigenvalue weighted by Crippen LogP contribution is -2.45. The second-order valence-corrected chi connectivity index (χ2v) is 7.89. The smallest absolute Gasteiger partial charge is 0.325 e. The molecule has 3 amide bonds. The molecule has 2 fully saturated rings. The van der Waals surface area contributed by atoms with Crippen LogP contribution in [0.15, 0.2) is 36.7 Å². The van der Waals surface area contributed by atoms with Crippen molar-refractivity contribution in [2.24, 2.45) is 0 Å². The number of ether oxygens (including phenoxy) is 2. The van der Waals surface area contributed by atoms with Crippen molar-refractivity contribution in [2.45, 2.75) is 37.8 Å². The number of nitrogens with one attached hydrogen (secondary N) is 1. The van der Waals surface area contributed by atoms with E-state index in [0.29, 0.717) is 30.5 Å². The molecule has 2 heterocycles. The van der Waals surface area contributed by atoms with E-state index < -0.39 is 0 Å². The maximum absolute atomic E-state index is 13.1. The lowest BCUT2D eigenvalue weighted by atomic mass is 9.93. The SMILES string of the molecule is COc1cncc(OC2CCC(NC(=O)CN3CCN(c4ccc(F)cc4)C3=O)CC2)n1. The average molecular weight is 443 g/mol. The third-order valence-electron chi connectivity index (χ3n) is 5.69. The highest BCUT2D eigenvalue weighted by Crippen LogP contribution is 2.24. The zero-order valence-corrected chi connectivity index (χ0v) is 17.9. The second kappa shape index (κ2) is 9.80. The maximum atomic E-state index is 13.1. The molecule has 9 nitrogen and oxygen atoms in total. The van der Waals surface area contributed by atoms with Crippen molar-refractivity contribution < 1.29 is 23.5 Å². The van der Waals surface area contributed by atoms with Gasteiger partial charge in [0.05, 0.1) is 19.5 Å². The van der Waals surface area contributed by atoms with E-state index in [-0.39, 0.29) is 36.4 Å². The molecule has 170 valence electrons. The van der Waals surface area contributed by atoms with Gasteiger partial charge in [0.2, 0.25) is 17.7 Å². The molecule has 0 spiro atoms. The molecule has 2 aromatic rings. The molecule has 2 aliphatic rings. The van der Waals surface area contributed by atoms with Crippen molar-refractivity contribution in [3.05, 3.63) is 42.5 Å². The number of methoxy groups -OCH3 is 1. The molecule has 0 radical (unpaired) electrons. The Morgan fingerprint density at radius 3 is 2.56 bits per heavy atom. The monoisotopic (exact) mass is 443 g/mol. The minimum absolute atomic E-state index is 0.00631. The molecule has 0 unspecified atom stereocenters. The number of amides is 3. The van der Waals surface area contributed by atoms with Crippen molar-refractivity contribution in [3.63, 3.8) is 0 Å². The molecular weight excluding hydrogens is 417 g/mol. The van der Waals surface area contributed by atoms with Crippen LogP contribution in [0.25, 0.3) is 0 Å². The zero-order valence-electron chi connectivity index (χ0n) is 17.9. The Morgan fingerprint density at radius 1 is 1.12 bits per heavy atom. The number of nitrogens with zero attached hydrogens (tertiary/aromatic N) is 4. The van der Waals surface area contributed by atoms with E-state index in [1.165, 1.54) is 30.3 Å². The standard InChI is InChI=1S/C22H26FN5O4/c1-31-20-12-24-13-21(26-20)32-18-8-4-16(5-9-18)25-19(29)14-27-10-11-28(22(27)30)17-6-2-15(23)3-7-17/h2-3,6-7,12-13,16,18H,4-5,8-11,14H2,1H3,(H,25,29). The number of hydrogen-bond acceptors (Lipinski definition) is 6. The highest BCUT2D eigenvalue weighted by atomic mass is 19.1. The number of benzene rings is 1. The van der Waals surface area contributed by atoms with Gasteiger partial charge < -0.3 is 19.7 Å². The summed E-state index contributed by atoms with van der Waals surface area (Å²) in [5.74, 6) is 0.295. The predicted octanol–water partition coefficient (Wildman–Crippen LogP) is 2.37. The van der Waals surface area contributed by atoms with E-state index in [1.807, 2.05) is 0 Å². The van der Waals surface area contributed by atoms with Gasteiger partial charge in [0.25, 0.3) is 0 Å². The number of urea groups is 1. The largest absolute Gasteiger partial charge is 0.480 e.